The van der Waals surface area contributed by atoms with E-state index in [2.05, 4.69) is 15.2 Å². The zero-order chi connectivity index (χ0) is 25.2. The molecule has 8 nitrogen and oxygen atoms in total. The fourth-order valence-electron chi connectivity index (χ4n) is 4.55. The van der Waals surface area contributed by atoms with Crippen LogP contribution in [0.15, 0.2) is 60.7 Å². The first-order valence-corrected chi connectivity index (χ1v) is 11.8. The first-order valence-electron chi connectivity index (χ1n) is 11.8. The van der Waals surface area contributed by atoms with Gasteiger partial charge in [0, 0.05) is 42.4 Å². The predicted molar refractivity (Wildman–Crippen MR) is 134 cm³/mol. The fraction of sp³-hybridized carbons (Fsp3) is 0.259. The Bertz CT molecular complexity index is 1430. The Morgan fingerprint density at radius 2 is 1.78 bits per heavy atom. The van der Waals surface area contributed by atoms with Crippen LogP contribution in [0.5, 0.6) is 0 Å². The van der Waals surface area contributed by atoms with Crippen LogP contribution in [0.2, 0.25) is 0 Å². The molecule has 0 saturated carbocycles. The molecule has 1 aliphatic rings. The molecule has 0 aliphatic carbocycles. The minimum absolute atomic E-state index is 0.111. The lowest BCUT2D eigenvalue weighted by Crippen LogP contribution is -2.39. The zero-order valence-corrected chi connectivity index (χ0v) is 20.1. The minimum Gasteiger partial charge on any atom is -0.465 e. The van der Waals surface area contributed by atoms with Crippen molar-refractivity contribution in [1.82, 2.24) is 14.6 Å². The van der Waals surface area contributed by atoms with Crippen molar-refractivity contribution in [2.45, 2.75) is 19.8 Å². The third-order valence-electron chi connectivity index (χ3n) is 6.46. The standard InChI is InChI=1S/C27H26FN5O3/c1-17-15-25(33-24(29-17)16-23(31-33)18-7-9-20(28)10-8-18)32-13-11-19(12-14-32)26(34)30-22-6-4-3-5-21(22)27(35)36-2/h3-10,15-16,19H,11-14H2,1-2H3,(H,30,34). The van der Waals surface area contributed by atoms with Crippen molar-refractivity contribution in [1.29, 1.82) is 0 Å². The van der Waals surface area contributed by atoms with E-state index in [0.29, 0.717) is 48.5 Å². The molecule has 9 heteroatoms. The summed E-state index contributed by atoms with van der Waals surface area (Å²) in [6, 6.07) is 16.9. The molecular formula is C27H26FN5O3. The van der Waals surface area contributed by atoms with Gasteiger partial charge in [-0.2, -0.15) is 9.61 Å². The number of amides is 1. The van der Waals surface area contributed by atoms with Crippen LogP contribution in [-0.2, 0) is 9.53 Å². The van der Waals surface area contributed by atoms with Crippen LogP contribution in [0.4, 0.5) is 15.9 Å². The number of para-hydroxylation sites is 1. The molecular weight excluding hydrogens is 461 g/mol. The van der Waals surface area contributed by atoms with Crippen molar-refractivity contribution in [3.8, 4) is 11.3 Å². The lowest BCUT2D eigenvalue weighted by atomic mass is 9.95. The maximum Gasteiger partial charge on any atom is 0.339 e. The Labute approximate surface area is 207 Å². The number of carbonyl (C=O) groups is 2. The molecule has 1 N–H and O–H groups in total. The number of benzene rings is 2. The van der Waals surface area contributed by atoms with E-state index in [1.807, 2.05) is 19.1 Å². The summed E-state index contributed by atoms with van der Waals surface area (Å²) < 4.78 is 20.0. The zero-order valence-electron chi connectivity index (χ0n) is 20.1. The lowest BCUT2D eigenvalue weighted by molar-refractivity contribution is -0.120. The highest BCUT2D eigenvalue weighted by Crippen LogP contribution is 2.28. The van der Waals surface area contributed by atoms with Crippen molar-refractivity contribution in [3.05, 3.63) is 77.7 Å². The van der Waals surface area contributed by atoms with Gasteiger partial charge in [0.25, 0.3) is 0 Å². The van der Waals surface area contributed by atoms with Gasteiger partial charge in [-0.25, -0.2) is 14.2 Å². The summed E-state index contributed by atoms with van der Waals surface area (Å²) in [5, 5.41) is 7.64. The summed E-state index contributed by atoms with van der Waals surface area (Å²) >= 11 is 0. The highest BCUT2D eigenvalue weighted by molar-refractivity contribution is 6.01. The van der Waals surface area contributed by atoms with Crippen LogP contribution in [-0.4, -0.2) is 46.7 Å². The number of esters is 1. The van der Waals surface area contributed by atoms with Crippen LogP contribution in [0.25, 0.3) is 16.9 Å². The number of carbonyl (C=O) groups excluding carboxylic acids is 2. The molecule has 2 aromatic carbocycles. The molecule has 0 radical (unpaired) electrons. The van der Waals surface area contributed by atoms with Gasteiger partial charge >= 0.3 is 5.97 Å². The molecule has 1 fully saturated rings. The van der Waals surface area contributed by atoms with Gasteiger partial charge in [0.05, 0.1) is 24.1 Å². The van der Waals surface area contributed by atoms with Gasteiger partial charge in [0.1, 0.15) is 11.6 Å². The normalized spacial score (nSPS) is 14.1. The third-order valence-corrected chi connectivity index (χ3v) is 6.46. The Morgan fingerprint density at radius 1 is 1.06 bits per heavy atom. The molecule has 36 heavy (non-hydrogen) atoms. The molecule has 0 atom stereocenters. The van der Waals surface area contributed by atoms with E-state index in [1.54, 1.807) is 40.9 Å². The number of rotatable bonds is 5. The number of nitrogens with zero attached hydrogens (tertiary/aromatic N) is 4. The number of hydrogen-bond acceptors (Lipinski definition) is 6. The number of ether oxygens (including phenoxy) is 1. The quantitative estimate of drug-likeness (QED) is 0.418. The topological polar surface area (TPSA) is 88.8 Å². The van der Waals surface area contributed by atoms with E-state index < -0.39 is 5.97 Å². The molecule has 184 valence electrons. The number of methoxy groups -OCH3 is 1. The Balaban J connectivity index is 1.32. The average molecular weight is 488 g/mol. The number of anilines is 2. The molecule has 0 unspecified atom stereocenters. The molecule has 3 heterocycles. The summed E-state index contributed by atoms with van der Waals surface area (Å²) in [7, 11) is 1.32. The number of piperidine rings is 1. The number of aryl methyl sites for hydroxylation is 1. The summed E-state index contributed by atoms with van der Waals surface area (Å²) in [5.74, 6) is -0.173. The number of halogens is 1. The molecule has 0 spiro atoms. The van der Waals surface area contributed by atoms with E-state index in [1.165, 1.54) is 19.2 Å². The van der Waals surface area contributed by atoms with Crippen LogP contribution in [0, 0.1) is 18.7 Å². The number of fused-ring (bicyclic) bond motifs is 1. The Hall–Kier alpha value is -4.27. The van der Waals surface area contributed by atoms with Crippen LogP contribution in [0.1, 0.15) is 28.9 Å². The number of aromatic nitrogens is 3. The maximum absolute atomic E-state index is 13.4. The summed E-state index contributed by atoms with van der Waals surface area (Å²) in [5.41, 5.74) is 3.89. The summed E-state index contributed by atoms with van der Waals surface area (Å²) in [6.45, 7) is 3.27. The van der Waals surface area contributed by atoms with Gasteiger partial charge in [-0.15, -0.1) is 0 Å². The van der Waals surface area contributed by atoms with Gasteiger partial charge in [-0.05, 0) is 56.2 Å². The van der Waals surface area contributed by atoms with E-state index in [9.17, 15) is 14.0 Å². The van der Waals surface area contributed by atoms with Crippen molar-refractivity contribution < 1.29 is 18.7 Å². The average Bonchev–Trinajstić information content (AvgIpc) is 3.32. The van der Waals surface area contributed by atoms with Gasteiger partial charge in [-0.3, -0.25) is 4.79 Å². The van der Waals surface area contributed by atoms with Gasteiger partial charge in [0.2, 0.25) is 5.91 Å². The SMILES string of the molecule is COC(=O)c1ccccc1NC(=O)C1CCN(c2cc(C)nc3cc(-c4ccc(F)cc4)nn23)CC1. The van der Waals surface area contributed by atoms with Crippen molar-refractivity contribution >= 4 is 29.0 Å². The predicted octanol–water partition coefficient (Wildman–Crippen LogP) is 4.49. The van der Waals surface area contributed by atoms with Gasteiger partial charge < -0.3 is 15.0 Å². The highest BCUT2D eigenvalue weighted by atomic mass is 19.1. The summed E-state index contributed by atoms with van der Waals surface area (Å²) in [6.07, 6.45) is 1.31. The van der Waals surface area contributed by atoms with E-state index in [-0.39, 0.29) is 17.6 Å². The minimum atomic E-state index is -0.489. The van der Waals surface area contributed by atoms with Crippen molar-refractivity contribution in [3.63, 3.8) is 0 Å². The molecule has 1 saturated heterocycles. The van der Waals surface area contributed by atoms with E-state index >= 15 is 0 Å². The largest absolute Gasteiger partial charge is 0.465 e. The molecule has 1 amide bonds. The Kier molecular flexibility index (Phi) is 6.37. The summed E-state index contributed by atoms with van der Waals surface area (Å²) in [4.78, 5) is 31.8. The van der Waals surface area contributed by atoms with Gasteiger partial charge in [-0.1, -0.05) is 12.1 Å². The molecule has 1 aliphatic heterocycles. The second kappa shape index (κ2) is 9.77. The lowest BCUT2D eigenvalue weighted by Gasteiger charge is -2.33. The van der Waals surface area contributed by atoms with Gasteiger partial charge in [0.15, 0.2) is 5.65 Å². The smallest absolute Gasteiger partial charge is 0.339 e. The number of hydrogen-bond donors (Lipinski definition) is 1. The van der Waals surface area contributed by atoms with Crippen LogP contribution >= 0.6 is 0 Å². The number of nitrogens with one attached hydrogen (secondary N) is 1. The first-order chi connectivity index (χ1) is 17.4. The van der Waals surface area contributed by atoms with E-state index in [4.69, 9.17) is 9.84 Å². The molecule has 4 aromatic rings. The molecule has 2 aromatic heterocycles. The third kappa shape index (κ3) is 4.64. The van der Waals surface area contributed by atoms with Crippen LogP contribution < -0.4 is 10.2 Å². The van der Waals surface area contributed by atoms with Crippen LogP contribution in [0.3, 0.4) is 0 Å². The molecule has 0 bridgehead atoms. The van der Waals surface area contributed by atoms with Crippen molar-refractivity contribution in [2.75, 3.05) is 30.4 Å². The molecule has 5 rings (SSSR count). The first kappa shape index (κ1) is 23.5. The fourth-order valence-corrected chi connectivity index (χ4v) is 4.55. The second-order valence-electron chi connectivity index (χ2n) is 8.85. The second-order valence-corrected chi connectivity index (χ2v) is 8.85. The monoisotopic (exact) mass is 487 g/mol. The highest BCUT2D eigenvalue weighted by Gasteiger charge is 2.27. The Morgan fingerprint density at radius 3 is 2.50 bits per heavy atom. The van der Waals surface area contributed by atoms with Crippen molar-refractivity contribution in [2.24, 2.45) is 5.92 Å². The maximum atomic E-state index is 13.4. The van der Waals surface area contributed by atoms with E-state index in [0.717, 1.165) is 17.1 Å².